The van der Waals surface area contributed by atoms with E-state index in [1.807, 2.05) is 12.1 Å². The third-order valence-corrected chi connectivity index (χ3v) is 5.46. The molecule has 0 spiro atoms. The van der Waals surface area contributed by atoms with Crippen LogP contribution in [0, 0.1) is 5.92 Å². The smallest absolute Gasteiger partial charge is 0.254 e. The molecular formula is C22H26N2O4. The second-order valence-electron chi connectivity index (χ2n) is 7.41. The lowest BCUT2D eigenvalue weighted by molar-refractivity contribution is 0.0936. The van der Waals surface area contributed by atoms with Crippen molar-refractivity contribution < 1.29 is 18.7 Å². The minimum absolute atomic E-state index is 0.0604. The summed E-state index contributed by atoms with van der Waals surface area (Å²) in [5.74, 6) is 2.08. The quantitative estimate of drug-likeness (QED) is 0.831. The predicted octanol–water partition coefficient (Wildman–Crippen LogP) is 3.21. The van der Waals surface area contributed by atoms with E-state index in [1.54, 1.807) is 13.2 Å². The summed E-state index contributed by atoms with van der Waals surface area (Å²) in [6, 6.07) is 7.66. The minimum atomic E-state index is -0.0604. The van der Waals surface area contributed by atoms with Gasteiger partial charge in [0.05, 0.1) is 18.9 Å². The van der Waals surface area contributed by atoms with E-state index in [2.05, 4.69) is 22.4 Å². The molecular weight excluding hydrogens is 356 g/mol. The van der Waals surface area contributed by atoms with Crippen LogP contribution in [0.1, 0.15) is 28.8 Å². The highest BCUT2D eigenvalue weighted by atomic mass is 16.5. The summed E-state index contributed by atoms with van der Waals surface area (Å²) in [7, 11) is 1.67. The van der Waals surface area contributed by atoms with Crippen molar-refractivity contribution >= 4 is 12.0 Å². The van der Waals surface area contributed by atoms with Gasteiger partial charge in [-0.15, -0.1) is 0 Å². The fourth-order valence-electron chi connectivity index (χ4n) is 3.85. The van der Waals surface area contributed by atoms with Gasteiger partial charge in [-0.3, -0.25) is 9.69 Å². The topological polar surface area (TPSA) is 63.9 Å². The fraction of sp³-hybridized carbons (Fsp3) is 0.409. The first-order chi connectivity index (χ1) is 13.7. The van der Waals surface area contributed by atoms with Crippen molar-refractivity contribution in [3.8, 4) is 11.5 Å². The van der Waals surface area contributed by atoms with Crippen LogP contribution in [0.3, 0.4) is 0 Å². The van der Waals surface area contributed by atoms with Crippen molar-refractivity contribution in [1.82, 2.24) is 10.2 Å². The summed E-state index contributed by atoms with van der Waals surface area (Å²) in [5, 5.41) is 3.01. The molecule has 3 heterocycles. The maximum atomic E-state index is 12.0. The highest BCUT2D eigenvalue weighted by Gasteiger charge is 2.22. The van der Waals surface area contributed by atoms with Crippen molar-refractivity contribution in [3.05, 3.63) is 53.5 Å². The molecule has 6 nitrogen and oxygen atoms in total. The number of carbonyl (C=O) groups is 1. The van der Waals surface area contributed by atoms with Crippen molar-refractivity contribution in [2.24, 2.45) is 5.92 Å². The molecule has 28 heavy (non-hydrogen) atoms. The molecule has 4 rings (SSSR count). The summed E-state index contributed by atoms with van der Waals surface area (Å²) >= 11 is 0. The van der Waals surface area contributed by atoms with Crippen LogP contribution in [0.4, 0.5) is 0 Å². The number of para-hydroxylation sites is 1. The number of fused-ring (bicyclic) bond motifs is 1. The number of furan rings is 1. The van der Waals surface area contributed by atoms with Gasteiger partial charge in [0.15, 0.2) is 11.5 Å². The van der Waals surface area contributed by atoms with E-state index in [0.29, 0.717) is 18.1 Å². The van der Waals surface area contributed by atoms with Gasteiger partial charge < -0.3 is 19.2 Å². The van der Waals surface area contributed by atoms with E-state index >= 15 is 0 Å². The molecule has 0 saturated carbocycles. The molecule has 1 amide bonds. The largest absolute Gasteiger partial charge is 0.493 e. The molecule has 0 atom stereocenters. The van der Waals surface area contributed by atoms with Crippen LogP contribution in [0.25, 0.3) is 6.08 Å². The van der Waals surface area contributed by atoms with E-state index in [-0.39, 0.29) is 5.91 Å². The number of methoxy groups -OCH3 is 1. The van der Waals surface area contributed by atoms with E-state index in [1.165, 1.54) is 18.1 Å². The van der Waals surface area contributed by atoms with Crippen LogP contribution in [-0.2, 0) is 0 Å². The molecule has 6 heteroatoms. The average Bonchev–Trinajstić information content (AvgIpc) is 3.27. The zero-order chi connectivity index (χ0) is 19.3. The molecule has 2 aliphatic rings. The second kappa shape index (κ2) is 8.52. The Kier molecular flexibility index (Phi) is 5.67. The molecule has 0 unspecified atom stereocenters. The number of rotatable bonds is 6. The Bertz CT molecular complexity index is 836. The number of hydrogen-bond donors (Lipinski definition) is 1. The molecule has 1 saturated heterocycles. The van der Waals surface area contributed by atoms with Gasteiger partial charge >= 0.3 is 0 Å². The maximum Gasteiger partial charge on any atom is 0.254 e. The zero-order valence-corrected chi connectivity index (χ0v) is 16.1. The second-order valence-corrected chi connectivity index (χ2v) is 7.41. The Morgan fingerprint density at radius 2 is 2.14 bits per heavy atom. The van der Waals surface area contributed by atoms with Gasteiger partial charge in [-0.05, 0) is 55.6 Å². The molecule has 0 radical (unpaired) electrons. The summed E-state index contributed by atoms with van der Waals surface area (Å²) in [5.41, 5.74) is 2.95. The first kappa shape index (κ1) is 18.6. The highest BCUT2D eigenvalue weighted by Crippen LogP contribution is 2.35. The summed E-state index contributed by atoms with van der Waals surface area (Å²) in [4.78, 5) is 14.5. The molecule has 1 fully saturated rings. The third kappa shape index (κ3) is 4.22. The summed E-state index contributed by atoms with van der Waals surface area (Å²) in [6.07, 6.45) is 7.39. The lowest BCUT2D eigenvalue weighted by Gasteiger charge is -2.33. The van der Waals surface area contributed by atoms with Gasteiger partial charge in [0.1, 0.15) is 12.9 Å². The van der Waals surface area contributed by atoms with Gasteiger partial charge in [-0.2, -0.15) is 0 Å². The fourth-order valence-corrected chi connectivity index (χ4v) is 3.85. The van der Waals surface area contributed by atoms with Gasteiger partial charge in [-0.25, -0.2) is 0 Å². The lowest BCUT2D eigenvalue weighted by atomic mass is 9.96. The third-order valence-electron chi connectivity index (χ3n) is 5.46. The number of nitrogens with zero attached hydrogens (tertiary/aromatic N) is 1. The van der Waals surface area contributed by atoms with Crippen LogP contribution >= 0.6 is 0 Å². The highest BCUT2D eigenvalue weighted by molar-refractivity contribution is 5.93. The first-order valence-corrected chi connectivity index (χ1v) is 9.75. The minimum Gasteiger partial charge on any atom is -0.493 e. The summed E-state index contributed by atoms with van der Waals surface area (Å²) in [6.45, 7) is 4.32. The van der Waals surface area contributed by atoms with Crippen LogP contribution < -0.4 is 14.8 Å². The predicted molar refractivity (Wildman–Crippen MR) is 107 cm³/mol. The van der Waals surface area contributed by atoms with Gasteiger partial charge in [0, 0.05) is 18.7 Å². The monoisotopic (exact) mass is 382 g/mol. The molecule has 2 aliphatic heterocycles. The number of piperidine rings is 1. The Morgan fingerprint density at radius 1 is 1.29 bits per heavy atom. The van der Waals surface area contributed by atoms with E-state index < -0.39 is 0 Å². The van der Waals surface area contributed by atoms with Crippen molar-refractivity contribution in [1.29, 1.82) is 0 Å². The van der Waals surface area contributed by atoms with Crippen molar-refractivity contribution in [2.75, 3.05) is 39.9 Å². The Morgan fingerprint density at radius 3 is 2.89 bits per heavy atom. The first-order valence-electron chi connectivity index (χ1n) is 9.75. The molecule has 2 aromatic rings. The molecule has 1 N–H and O–H groups in total. The Labute approximate surface area is 165 Å². The Hall–Kier alpha value is -2.73. The van der Waals surface area contributed by atoms with E-state index in [9.17, 15) is 4.79 Å². The zero-order valence-electron chi connectivity index (χ0n) is 16.1. The number of benzene rings is 1. The number of likely N-dealkylation sites (tertiary alicyclic amines) is 1. The van der Waals surface area contributed by atoms with Gasteiger partial charge in [0.2, 0.25) is 0 Å². The maximum absolute atomic E-state index is 12.0. The molecule has 148 valence electrons. The van der Waals surface area contributed by atoms with Crippen LogP contribution in [0.2, 0.25) is 0 Å². The van der Waals surface area contributed by atoms with Crippen LogP contribution in [0.5, 0.6) is 11.5 Å². The van der Waals surface area contributed by atoms with E-state index in [4.69, 9.17) is 13.9 Å². The van der Waals surface area contributed by atoms with Crippen LogP contribution in [0.15, 0.2) is 46.8 Å². The molecule has 0 bridgehead atoms. The molecule has 0 aliphatic carbocycles. The van der Waals surface area contributed by atoms with Gasteiger partial charge in [-0.1, -0.05) is 12.1 Å². The Balaban J connectivity index is 1.25. The lowest BCUT2D eigenvalue weighted by Crippen LogP contribution is -2.39. The SMILES string of the molecule is COc1cccc2c1OCC(CN1CCC(CNC(=O)c3ccoc3)CC1)=C2. The summed E-state index contributed by atoms with van der Waals surface area (Å²) < 4.78 is 16.3. The van der Waals surface area contributed by atoms with E-state index in [0.717, 1.165) is 56.1 Å². The number of amides is 1. The number of ether oxygens (including phenoxy) is 2. The molecule has 1 aromatic carbocycles. The number of nitrogens with one attached hydrogen (secondary N) is 1. The van der Waals surface area contributed by atoms with Crippen molar-refractivity contribution in [3.63, 3.8) is 0 Å². The number of carbonyl (C=O) groups excluding carboxylic acids is 1. The van der Waals surface area contributed by atoms with Crippen molar-refractivity contribution in [2.45, 2.75) is 12.8 Å². The number of hydrogen-bond acceptors (Lipinski definition) is 5. The molecule has 1 aromatic heterocycles. The van der Waals surface area contributed by atoms with Gasteiger partial charge in [0.25, 0.3) is 5.91 Å². The standard InChI is InChI=1S/C22H26N2O4/c1-26-20-4-2-3-18-11-17(14-28-21(18)20)13-24-8-5-16(6-9-24)12-23-22(25)19-7-10-27-15-19/h2-4,7,10-11,15-16H,5-6,8-9,12-14H2,1H3,(H,23,25). The average molecular weight is 382 g/mol. The van der Waals surface area contributed by atoms with Crippen LogP contribution in [-0.4, -0.2) is 50.7 Å². The normalized spacial score (nSPS) is 17.4.